The van der Waals surface area contributed by atoms with Gasteiger partial charge in [0, 0.05) is 12.1 Å². The number of rotatable bonds is 5. The number of benzene rings is 1. The lowest BCUT2D eigenvalue weighted by Crippen LogP contribution is -2.29. The first-order chi connectivity index (χ1) is 8.75. The zero-order valence-corrected chi connectivity index (χ0v) is 10.7. The molecule has 0 aliphatic carbocycles. The van der Waals surface area contributed by atoms with Crippen LogP contribution >= 0.6 is 0 Å². The normalized spacial score (nSPS) is 15.8. The predicted octanol–water partition coefficient (Wildman–Crippen LogP) is 0.696. The predicted molar refractivity (Wildman–Crippen MR) is 74.5 cm³/mol. The van der Waals surface area contributed by atoms with Crippen LogP contribution in [0, 0.1) is 0 Å². The first kappa shape index (κ1) is 13.2. The van der Waals surface area contributed by atoms with Crippen molar-refractivity contribution >= 4 is 19.2 Å². The van der Waals surface area contributed by atoms with Gasteiger partial charge >= 0.3 is 0 Å². The minimum Gasteiger partial charge on any atom is -0.352 e. The van der Waals surface area contributed by atoms with Crippen LogP contribution < -0.4 is 10.8 Å². The molecule has 3 nitrogen and oxygen atoms in total. The van der Waals surface area contributed by atoms with E-state index in [-0.39, 0.29) is 5.91 Å². The monoisotopic (exact) mass is 242 g/mol. The lowest BCUT2D eigenvalue weighted by atomic mass is 9.94. The van der Waals surface area contributed by atoms with Gasteiger partial charge in [0.1, 0.15) is 7.85 Å². The van der Waals surface area contributed by atoms with Gasteiger partial charge in [-0.15, -0.1) is 0 Å². The van der Waals surface area contributed by atoms with Gasteiger partial charge in [0.15, 0.2) is 0 Å². The Bertz CT molecular complexity index is 403. The Balaban J connectivity index is 1.68. The van der Waals surface area contributed by atoms with Crippen LogP contribution in [0.15, 0.2) is 24.3 Å². The van der Waals surface area contributed by atoms with Crippen LogP contribution in [0.3, 0.4) is 0 Å². The van der Waals surface area contributed by atoms with Gasteiger partial charge in [0.05, 0.1) is 0 Å². The van der Waals surface area contributed by atoms with E-state index in [9.17, 15) is 4.79 Å². The zero-order valence-electron chi connectivity index (χ0n) is 10.7. The molecule has 1 fully saturated rings. The summed E-state index contributed by atoms with van der Waals surface area (Å²) in [6, 6.07) is 7.07. The molecule has 0 saturated carbocycles. The number of carbonyl (C=O) groups excluding carboxylic acids is 1. The molecule has 18 heavy (non-hydrogen) atoms. The minimum absolute atomic E-state index is 0.0382. The van der Waals surface area contributed by atoms with Gasteiger partial charge in [0.2, 0.25) is 0 Å². The van der Waals surface area contributed by atoms with Gasteiger partial charge in [-0.1, -0.05) is 23.7 Å². The third kappa shape index (κ3) is 3.88. The molecule has 1 aliphatic heterocycles. The van der Waals surface area contributed by atoms with Gasteiger partial charge in [-0.25, -0.2) is 0 Å². The maximum Gasteiger partial charge on any atom is 0.251 e. The highest BCUT2D eigenvalue weighted by molar-refractivity contribution is 6.32. The maximum atomic E-state index is 11.8. The fourth-order valence-corrected chi connectivity index (χ4v) is 2.29. The largest absolute Gasteiger partial charge is 0.352 e. The van der Waals surface area contributed by atoms with Crippen LogP contribution in [0.25, 0.3) is 0 Å². The molecular formula is C14H19BN2O. The van der Waals surface area contributed by atoms with Crippen molar-refractivity contribution in [3.05, 3.63) is 29.8 Å². The first-order valence-electron chi connectivity index (χ1n) is 6.62. The topological polar surface area (TPSA) is 32.3 Å². The Morgan fingerprint density at radius 1 is 1.33 bits per heavy atom. The Hall–Kier alpha value is -1.29. The number of likely N-dealkylation sites (tertiary alicyclic amines) is 1. The Labute approximate surface area is 110 Å². The van der Waals surface area contributed by atoms with Gasteiger partial charge in [-0.2, -0.15) is 0 Å². The van der Waals surface area contributed by atoms with Crippen molar-refractivity contribution in [2.75, 3.05) is 26.2 Å². The third-order valence-electron chi connectivity index (χ3n) is 3.28. The van der Waals surface area contributed by atoms with Gasteiger partial charge in [-0.3, -0.25) is 4.79 Å². The van der Waals surface area contributed by atoms with E-state index in [0.717, 1.165) is 19.5 Å². The van der Waals surface area contributed by atoms with Crippen molar-refractivity contribution in [2.45, 2.75) is 19.3 Å². The summed E-state index contributed by atoms with van der Waals surface area (Å²) in [5, 5.41) is 2.93. The molecular weight excluding hydrogens is 223 g/mol. The van der Waals surface area contributed by atoms with E-state index in [4.69, 9.17) is 7.85 Å². The molecule has 1 amide bonds. The summed E-state index contributed by atoms with van der Waals surface area (Å²) in [5.74, 6) is -0.0382. The molecule has 1 N–H and O–H groups in total. The molecule has 0 unspecified atom stereocenters. The van der Waals surface area contributed by atoms with Crippen LogP contribution in [-0.2, 0) is 0 Å². The van der Waals surface area contributed by atoms with Crippen LogP contribution in [0.4, 0.5) is 0 Å². The van der Waals surface area contributed by atoms with Crippen molar-refractivity contribution in [3.8, 4) is 0 Å². The summed E-state index contributed by atoms with van der Waals surface area (Å²) in [7, 11) is 5.65. The smallest absolute Gasteiger partial charge is 0.251 e. The van der Waals surface area contributed by atoms with Crippen LogP contribution in [0.5, 0.6) is 0 Å². The summed E-state index contributed by atoms with van der Waals surface area (Å²) in [6.45, 7) is 4.23. The van der Waals surface area contributed by atoms with E-state index in [1.54, 1.807) is 24.3 Å². The fourth-order valence-electron chi connectivity index (χ4n) is 2.29. The molecule has 1 aliphatic rings. The fraction of sp³-hybridized carbons (Fsp3) is 0.500. The molecule has 1 aromatic carbocycles. The second-order valence-corrected chi connectivity index (χ2v) is 4.78. The lowest BCUT2D eigenvalue weighted by molar-refractivity contribution is 0.0952. The van der Waals surface area contributed by atoms with Crippen molar-refractivity contribution in [3.63, 3.8) is 0 Å². The molecule has 94 valence electrons. The number of hydrogen-bond acceptors (Lipinski definition) is 2. The molecule has 1 heterocycles. The Morgan fingerprint density at radius 2 is 2.11 bits per heavy atom. The molecule has 1 aromatic rings. The van der Waals surface area contributed by atoms with Gasteiger partial charge in [0.25, 0.3) is 5.91 Å². The van der Waals surface area contributed by atoms with E-state index < -0.39 is 0 Å². The number of hydrogen-bond donors (Lipinski definition) is 1. The quantitative estimate of drug-likeness (QED) is 0.608. The summed E-state index contributed by atoms with van der Waals surface area (Å²) in [4.78, 5) is 14.3. The molecule has 0 bridgehead atoms. The SMILES string of the molecule is [B]c1cccc(C(=O)NCCCN2CCCC2)c1. The number of amides is 1. The summed E-state index contributed by atoms with van der Waals surface area (Å²) < 4.78 is 0. The molecule has 1 saturated heterocycles. The van der Waals surface area contributed by atoms with Crippen LogP contribution in [0.2, 0.25) is 0 Å². The van der Waals surface area contributed by atoms with E-state index in [1.807, 2.05) is 0 Å². The summed E-state index contributed by atoms with van der Waals surface area (Å²) in [5.41, 5.74) is 1.26. The highest BCUT2D eigenvalue weighted by Crippen LogP contribution is 2.06. The van der Waals surface area contributed by atoms with E-state index in [1.165, 1.54) is 25.9 Å². The third-order valence-corrected chi connectivity index (χ3v) is 3.28. The summed E-state index contributed by atoms with van der Waals surface area (Å²) >= 11 is 0. The first-order valence-corrected chi connectivity index (χ1v) is 6.62. The van der Waals surface area contributed by atoms with E-state index in [2.05, 4.69) is 10.2 Å². The van der Waals surface area contributed by atoms with Crippen molar-refractivity contribution in [1.82, 2.24) is 10.2 Å². The molecule has 0 aromatic heterocycles. The van der Waals surface area contributed by atoms with Crippen molar-refractivity contribution in [1.29, 1.82) is 0 Å². The number of carbonyl (C=O) groups is 1. The molecule has 2 rings (SSSR count). The van der Waals surface area contributed by atoms with Crippen LogP contribution in [-0.4, -0.2) is 44.8 Å². The lowest BCUT2D eigenvalue weighted by Gasteiger charge is -2.14. The van der Waals surface area contributed by atoms with Crippen molar-refractivity contribution in [2.24, 2.45) is 0 Å². The van der Waals surface area contributed by atoms with Crippen molar-refractivity contribution < 1.29 is 4.79 Å². The minimum atomic E-state index is -0.0382. The van der Waals surface area contributed by atoms with Gasteiger partial charge in [-0.05, 0) is 45.0 Å². The highest BCUT2D eigenvalue weighted by Gasteiger charge is 2.10. The zero-order chi connectivity index (χ0) is 12.8. The van der Waals surface area contributed by atoms with E-state index >= 15 is 0 Å². The second kappa shape index (κ2) is 6.59. The number of nitrogens with one attached hydrogen (secondary N) is 1. The Kier molecular flexibility index (Phi) is 4.82. The van der Waals surface area contributed by atoms with E-state index in [0.29, 0.717) is 11.0 Å². The molecule has 0 atom stereocenters. The molecule has 0 spiro atoms. The standard InChI is InChI=1S/C14H19BN2O/c15-13-6-3-5-12(11-13)14(18)16-7-4-10-17-8-1-2-9-17/h3,5-6,11H,1-2,4,7-10H2,(H,16,18). The second-order valence-electron chi connectivity index (χ2n) is 4.78. The maximum absolute atomic E-state index is 11.8. The molecule has 2 radical (unpaired) electrons. The average molecular weight is 242 g/mol. The molecule has 4 heteroatoms. The van der Waals surface area contributed by atoms with Gasteiger partial charge < -0.3 is 10.2 Å². The highest BCUT2D eigenvalue weighted by atomic mass is 16.1. The Morgan fingerprint density at radius 3 is 2.83 bits per heavy atom. The average Bonchev–Trinajstić information content (AvgIpc) is 2.87. The summed E-state index contributed by atoms with van der Waals surface area (Å²) in [6.07, 6.45) is 3.64. The number of nitrogens with zero attached hydrogens (tertiary/aromatic N) is 1. The van der Waals surface area contributed by atoms with Crippen LogP contribution in [0.1, 0.15) is 29.6 Å².